The maximum absolute atomic E-state index is 12.0. The highest BCUT2D eigenvalue weighted by atomic mass is 19.4. The molecular weight excluding hydrogens is 243 g/mol. The van der Waals surface area contributed by atoms with Crippen molar-refractivity contribution in [3.05, 3.63) is 0 Å². The maximum Gasteiger partial charge on any atom is 0.471 e. The fraction of sp³-hybridized carbons (Fsp3) is 0.778. The van der Waals surface area contributed by atoms with Crippen LogP contribution >= 0.6 is 0 Å². The topological polar surface area (TPSA) is 75.6 Å². The van der Waals surface area contributed by atoms with E-state index in [1.165, 1.54) is 0 Å². The van der Waals surface area contributed by atoms with Crippen molar-refractivity contribution in [1.82, 2.24) is 5.32 Å². The van der Waals surface area contributed by atoms with Crippen molar-refractivity contribution in [2.45, 2.75) is 19.0 Å². The van der Waals surface area contributed by atoms with Gasteiger partial charge in [-0.3, -0.25) is 9.59 Å². The highest BCUT2D eigenvalue weighted by Gasteiger charge is 2.42. The molecule has 0 bridgehead atoms. The van der Waals surface area contributed by atoms with E-state index >= 15 is 0 Å². The summed E-state index contributed by atoms with van der Waals surface area (Å²) in [5, 5.41) is 10.4. The molecule has 1 amide bonds. The van der Waals surface area contributed by atoms with Crippen LogP contribution in [-0.4, -0.2) is 42.9 Å². The van der Waals surface area contributed by atoms with Gasteiger partial charge in [0.25, 0.3) is 0 Å². The summed E-state index contributed by atoms with van der Waals surface area (Å²) < 4.78 is 40.8. The number of hydrogen-bond acceptors (Lipinski definition) is 3. The van der Waals surface area contributed by atoms with Gasteiger partial charge in [-0.15, -0.1) is 0 Å². The molecule has 1 fully saturated rings. The van der Waals surface area contributed by atoms with Gasteiger partial charge in [-0.2, -0.15) is 13.2 Å². The summed E-state index contributed by atoms with van der Waals surface area (Å²) in [6.45, 7) is -0.0236. The van der Waals surface area contributed by atoms with Crippen molar-refractivity contribution >= 4 is 11.9 Å². The molecule has 0 saturated carbocycles. The number of rotatable bonds is 4. The molecule has 0 aromatic rings. The van der Waals surface area contributed by atoms with Crippen LogP contribution in [-0.2, 0) is 14.3 Å². The lowest BCUT2D eigenvalue weighted by Crippen LogP contribution is -2.44. The predicted molar refractivity (Wildman–Crippen MR) is 49.2 cm³/mol. The number of alkyl halides is 3. The number of carboxylic acid groups (broad SMARTS) is 1. The number of aliphatic carboxylic acids is 1. The zero-order valence-corrected chi connectivity index (χ0v) is 8.84. The number of hydrogen-bond donors (Lipinski definition) is 2. The van der Waals surface area contributed by atoms with Gasteiger partial charge in [0.2, 0.25) is 0 Å². The first-order chi connectivity index (χ1) is 7.75. The third kappa shape index (κ3) is 3.88. The van der Waals surface area contributed by atoms with Crippen LogP contribution in [0.1, 0.15) is 12.8 Å². The predicted octanol–water partition coefficient (Wildman–Crippen LogP) is 0.546. The molecule has 17 heavy (non-hydrogen) atoms. The molecule has 5 nitrogen and oxygen atoms in total. The summed E-state index contributed by atoms with van der Waals surface area (Å²) in [6.07, 6.45) is -4.97. The Balaban J connectivity index is 2.57. The van der Waals surface area contributed by atoms with Crippen molar-refractivity contribution in [2.75, 3.05) is 19.8 Å². The molecular formula is C9H12F3NO4. The molecule has 0 aliphatic carbocycles. The van der Waals surface area contributed by atoms with E-state index in [2.05, 4.69) is 0 Å². The Morgan fingerprint density at radius 1 is 1.41 bits per heavy atom. The summed E-state index contributed by atoms with van der Waals surface area (Å²) in [5.41, 5.74) is -0.938. The summed E-state index contributed by atoms with van der Waals surface area (Å²) in [4.78, 5) is 21.2. The molecule has 1 atom stereocenters. The number of carboxylic acids is 1. The van der Waals surface area contributed by atoms with Gasteiger partial charge in [0.1, 0.15) is 0 Å². The molecule has 1 heterocycles. The van der Waals surface area contributed by atoms with Crippen LogP contribution in [0.2, 0.25) is 0 Å². The Bertz CT molecular complexity index is 310. The van der Waals surface area contributed by atoms with Crippen molar-refractivity contribution in [3.63, 3.8) is 0 Å². The van der Waals surface area contributed by atoms with Crippen molar-refractivity contribution in [2.24, 2.45) is 5.41 Å². The normalized spacial score (nSPS) is 24.6. The molecule has 1 saturated heterocycles. The molecule has 2 N–H and O–H groups in total. The van der Waals surface area contributed by atoms with Crippen LogP contribution in [0.4, 0.5) is 13.2 Å². The third-order valence-corrected chi connectivity index (χ3v) is 2.59. The van der Waals surface area contributed by atoms with Crippen LogP contribution < -0.4 is 5.32 Å². The summed E-state index contributed by atoms with van der Waals surface area (Å²) >= 11 is 0. The summed E-state index contributed by atoms with van der Waals surface area (Å²) in [5.74, 6) is -3.19. The van der Waals surface area contributed by atoms with Gasteiger partial charge < -0.3 is 15.2 Å². The second-order valence-electron chi connectivity index (χ2n) is 4.05. The summed E-state index contributed by atoms with van der Waals surface area (Å²) in [7, 11) is 0. The molecule has 1 rings (SSSR count). The van der Waals surface area contributed by atoms with Gasteiger partial charge in [0, 0.05) is 18.6 Å². The van der Waals surface area contributed by atoms with Crippen LogP contribution in [0.5, 0.6) is 0 Å². The number of carbonyl (C=O) groups excluding carboxylic acids is 1. The van der Waals surface area contributed by atoms with Crippen LogP contribution in [0.25, 0.3) is 0 Å². The van der Waals surface area contributed by atoms with E-state index in [4.69, 9.17) is 9.84 Å². The number of halogens is 3. The largest absolute Gasteiger partial charge is 0.481 e. The summed E-state index contributed by atoms with van der Waals surface area (Å²) in [6, 6.07) is 0. The first-order valence-corrected chi connectivity index (χ1v) is 4.90. The number of ether oxygens (including phenoxy) is 1. The van der Waals surface area contributed by atoms with E-state index in [0.29, 0.717) is 6.42 Å². The second kappa shape index (κ2) is 4.91. The average Bonchev–Trinajstić information content (AvgIpc) is 2.60. The van der Waals surface area contributed by atoms with Crippen LogP contribution in [0.15, 0.2) is 0 Å². The monoisotopic (exact) mass is 255 g/mol. The lowest BCUT2D eigenvalue weighted by atomic mass is 9.83. The Kier molecular flexibility index (Phi) is 3.97. The fourth-order valence-electron chi connectivity index (χ4n) is 1.68. The van der Waals surface area contributed by atoms with Gasteiger partial charge in [-0.1, -0.05) is 0 Å². The molecule has 0 aromatic heterocycles. The minimum absolute atomic E-state index is 0.0391. The molecule has 1 aliphatic rings. The molecule has 1 unspecified atom stereocenters. The van der Waals surface area contributed by atoms with Crippen molar-refractivity contribution in [1.29, 1.82) is 0 Å². The van der Waals surface area contributed by atoms with Crippen molar-refractivity contribution in [3.8, 4) is 0 Å². The Morgan fingerprint density at radius 3 is 2.47 bits per heavy atom. The molecule has 1 aliphatic heterocycles. The van der Waals surface area contributed by atoms with E-state index in [1.807, 2.05) is 0 Å². The zero-order chi connectivity index (χ0) is 13.1. The van der Waals surface area contributed by atoms with Gasteiger partial charge in [0.15, 0.2) is 0 Å². The molecule has 0 spiro atoms. The van der Waals surface area contributed by atoms with E-state index in [0.717, 1.165) is 0 Å². The minimum Gasteiger partial charge on any atom is -0.481 e. The van der Waals surface area contributed by atoms with E-state index < -0.39 is 23.5 Å². The smallest absolute Gasteiger partial charge is 0.471 e. The van der Waals surface area contributed by atoms with Gasteiger partial charge in [0.05, 0.1) is 13.0 Å². The lowest BCUT2D eigenvalue weighted by Gasteiger charge is -2.25. The highest BCUT2D eigenvalue weighted by Crippen LogP contribution is 2.32. The van der Waals surface area contributed by atoms with Crippen LogP contribution in [0, 0.1) is 5.41 Å². The van der Waals surface area contributed by atoms with E-state index in [9.17, 15) is 22.8 Å². The third-order valence-electron chi connectivity index (χ3n) is 2.59. The first-order valence-electron chi connectivity index (χ1n) is 4.90. The molecule has 0 radical (unpaired) electrons. The standard InChI is InChI=1S/C9H12F3NO4/c10-9(11,12)7(16)13-4-8(3-6(14)15)1-2-17-5-8/h1-5H2,(H,13,16)(H,14,15). The fourth-order valence-corrected chi connectivity index (χ4v) is 1.68. The molecule has 8 heteroatoms. The van der Waals surface area contributed by atoms with Crippen molar-refractivity contribution < 1.29 is 32.6 Å². The number of amides is 1. The SMILES string of the molecule is O=C(O)CC1(CNC(=O)C(F)(F)F)CCOC1. The quantitative estimate of drug-likeness (QED) is 0.769. The number of carbonyl (C=O) groups is 2. The first kappa shape index (κ1) is 13.8. The van der Waals surface area contributed by atoms with Gasteiger partial charge in [-0.05, 0) is 6.42 Å². The average molecular weight is 255 g/mol. The number of nitrogens with one attached hydrogen (secondary N) is 1. The Hall–Kier alpha value is -1.31. The lowest BCUT2D eigenvalue weighted by molar-refractivity contribution is -0.174. The second-order valence-corrected chi connectivity index (χ2v) is 4.05. The highest BCUT2D eigenvalue weighted by molar-refractivity contribution is 5.81. The van der Waals surface area contributed by atoms with E-state index in [-0.39, 0.29) is 26.2 Å². The van der Waals surface area contributed by atoms with Gasteiger partial charge >= 0.3 is 18.1 Å². The van der Waals surface area contributed by atoms with Gasteiger partial charge in [-0.25, -0.2) is 0 Å². The minimum atomic E-state index is -4.95. The Morgan fingerprint density at radius 2 is 2.06 bits per heavy atom. The molecule has 0 aromatic carbocycles. The van der Waals surface area contributed by atoms with Crippen LogP contribution in [0.3, 0.4) is 0 Å². The zero-order valence-electron chi connectivity index (χ0n) is 8.84. The Labute approximate surface area is 94.9 Å². The van der Waals surface area contributed by atoms with E-state index in [1.54, 1.807) is 5.32 Å². The maximum atomic E-state index is 12.0. The molecule has 98 valence electrons.